The van der Waals surface area contributed by atoms with Gasteiger partial charge in [-0.3, -0.25) is 9.59 Å². The average molecular weight is 400 g/mol. The van der Waals surface area contributed by atoms with Crippen LogP contribution in [0.3, 0.4) is 0 Å². The second-order valence-electron chi connectivity index (χ2n) is 4.46. The lowest BCUT2D eigenvalue weighted by Gasteiger charge is -2.06. The minimum atomic E-state index is -1.03. The maximum atomic E-state index is 11.6. The zero-order valence-electron chi connectivity index (χ0n) is 12.2. The molecule has 1 aliphatic rings. The Kier molecular flexibility index (Phi) is 6.17. The van der Waals surface area contributed by atoms with Gasteiger partial charge in [0, 0.05) is 10.0 Å². The molecule has 1 saturated heterocycles. The van der Waals surface area contributed by atoms with E-state index in [0.717, 1.165) is 21.8 Å². The van der Waals surface area contributed by atoms with Crippen LogP contribution >= 0.6 is 27.7 Å². The van der Waals surface area contributed by atoms with Gasteiger partial charge in [0.1, 0.15) is 11.0 Å². The van der Waals surface area contributed by atoms with Crippen molar-refractivity contribution >= 4 is 51.0 Å². The summed E-state index contributed by atoms with van der Waals surface area (Å²) in [6.45, 7) is 2.41. The number of aliphatic carboxylic acids is 1. The standard InChI is InChI=1S/C14H14BrN3O4S/c1-2-22-10-4-3-9(15)5-8(10)7-16-18-14-17-13(21)11(23-14)6-12(19)20/h3-5,7,11H,2,6H2,1H3,(H,19,20)(H,17,18,21)/b16-7+. The molecule has 1 aromatic carbocycles. The maximum Gasteiger partial charge on any atom is 0.305 e. The Bertz CT molecular complexity index is 678. The minimum Gasteiger partial charge on any atom is -0.493 e. The van der Waals surface area contributed by atoms with Gasteiger partial charge in [0.2, 0.25) is 5.91 Å². The number of ether oxygens (including phenoxy) is 1. The van der Waals surface area contributed by atoms with E-state index in [0.29, 0.717) is 12.4 Å². The van der Waals surface area contributed by atoms with Crippen LogP contribution < -0.4 is 10.1 Å². The predicted molar refractivity (Wildman–Crippen MR) is 92.1 cm³/mol. The molecule has 0 radical (unpaired) electrons. The first kappa shape index (κ1) is 17.5. The van der Waals surface area contributed by atoms with Crippen LogP contribution in [0.4, 0.5) is 0 Å². The molecule has 1 amide bonds. The molecule has 1 atom stereocenters. The molecule has 0 aliphatic carbocycles. The Morgan fingerprint density at radius 1 is 1.57 bits per heavy atom. The zero-order chi connectivity index (χ0) is 16.8. The van der Waals surface area contributed by atoms with Crippen molar-refractivity contribution < 1.29 is 19.4 Å². The molecule has 1 unspecified atom stereocenters. The van der Waals surface area contributed by atoms with Gasteiger partial charge < -0.3 is 15.2 Å². The van der Waals surface area contributed by atoms with Crippen LogP contribution in [0.5, 0.6) is 5.75 Å². The number of carboxylic acids is 1. The van der Waals surface area contributed by atoms with E-state index in [9.17, 15) is 9.59 Å². The molecule has 0 aromatic heterocycles. The van der Waals surface area contributed by atoms with Gasteiger partial charge >= 0.3 is 5.97 Å². The van der Waals surface area contributed by atoms with E-state index in [1.807, 2.05) is 25.1 Å². The number of amidine groups is 1. The van der Waals surface area contributed by atoms with Crippen molar-refractivity contribution in [3.05, 3.63) is 28.2 Å². The molecule has 0 spiro atoms. The highest BCUT2D eigenvalue weighted by atomic mass is 79.9. The number of amides is 1. The lowest BCUT2D eigenvalue weighted by atomic mass is 10.2. The summed E-state index contributed by atoms with van der Waals surface area (Å²) in [5.41, 5.74) is 0.738. The Morgan fingerprint density at radius 2 is 2.35 bits per heavy atom. The summed E-state index contributed by atoms with van der Waals surface area (Å²) in [5.74, 6) is -0.729. The molecule has 1 heterocycles. The number of carboxylic acid groups (broad SMARTS) is 1. The molecular weight excluding hydrogens is 386 g/mol. The maximum absolute atomic E-state index is 11.6. The van der Waals surface area contributed by atoms with Gasteiger partial charge in [-0.15, -0.1) is 5.10 Å². The normalized spacial score (nSPS) is 19.3. The molecule has 122 valence electrons. The fraction of sp³-hybridized carbons (Fsp3) is 0.286. The first-order valence-corrected chi connectivity index (χ1v) is 8.39. The first-order chi connectivity index (χ1) is 11.0. The van der Waals surface area contributed by atoms with E-state index >= 15 is 0 Å². The fourth-order valence-corrected chi connectivity index (χ4v) is 3.09. The first-order valence-electron chi connectivity index (χ1n) is 6.72. The molecule has 9 heteroatoms. The number of rotatable bonds is 6. The summed E-state index contributed by atoms with van der Waals surface area (Å²) in [6.07, 6.45) is 1.26. The monoisotopic (exact) mass is 399 g/mol. The third-order valence-corrected chi connectivity index (χ3v) is 4.32. The molecule has 0 saturated carbocycles. The molecule has 2 N–H and O–H groups in total. The number of hydrogen-bond donors (Lipinski definition) is 2. The summed E-state index contributed by atoms with van der Waals surface area (Å²) < 4.78 is 6.37. The van der Waals surface area contributed by atoms with Crippen molar-refractivity contribution in [2.75, 3.05) is 6.61 Å². The topological polar surface area (TPSA) is 100 Å². The van der Waals surface area contributed by atoms with Crippen LogP contribution in [0.2, 0.25) is 0 Å². The summed E-state index contributed by atoms with van der Waals surface area (Å²) in [5, 5.41) is 18.7. The van der Waals surface area contributed by atoms with Gasteiger partial charge in [-0.05, 0) is 25.1 Å². The van der Waals surface area contributed by atoms with Crippen molar-refractivity contribution in [1.29, 1.82) is 0 Å². The number of nitrogens with zero attached hydrogens (tertiary/aromatic N) is 2. The largest absolute Gasteiger partial charge is 0.493 e. The second kappa shape index (κ2) is 8.11. The van der Waals surface area contributed by atoms with Crippen LogP contribution in [0, 0.1) is 0 Å². The van der Waals surface area contributed by atoms with E-state index in [2.05, 4.69) is 31.4 Å². The van der Waals surface area contributed by atoms with Crippen molar-refractivity contribution in [2.24, 2.45) is 10.2 Å². The van der Waals surface area contributed by atoms with Crippen molar-refractivity contribution in [3.8, 4) is 5.75 Å². The highest BCUT2D eigenvalue weighted by Crippen LogP contribution is 2.23. The van der Waals surface area contributed by atoms with Crippen LogP contribution in [-0.2, 0) is 9.59 Å². The summed E-state index contributed by atoms with van der Waals surface area (Å²) in [4.78, 5) is 22.2. The third-order valence-electron chi connectivity index (χ3n) is 2.75. The van der Waals surface area contributed by atoms with Crippen LogP contribution in [-0.4, -0.2) is 40.2 Å². The zero-order valence-corrected chi connectivity index (χ0v) is 14.6. The van der Waals surface area contributed by atoms with Crippen molar-refractivity contribution in [2.45, 2.75) is 18.6 Å². The minimum absolute atomic E-state index is 0.251. The fourth-order valence-electron chi connectivity index (χ4n) is 1.80. The number of benzene rings is 1. The molecule has 23 heavy (non-hydrogen) atoms. The van der Waals surface area contributed by atoms with Gasteiger partial charge in [-0.25, -0.2) is 0 Å². The van der Waals surface area contributed by atoms with E-state index < -0.39 is 11.2 Å². The van der Waals surface area contributed by atoms with Gasteiger partial charge in [-0.2, -0.15) is 5.10 Å². The molecule has 0 bridgehead atoms. The lowest BCUT2D eigenvalue weighted by molar-refractivity contribution is -0.138. The molecule has 1 fully saturated rings. The highest BCUT2D eigenvalue weighted by molar-refractivity contribution is 9.10. The SMILES string of the molecule is CCOc1ccc(Br)cc1/C=N/N=C1/NC(=O)C(CC(=O)O)S1. The summed E-state index contributed by atoms with van der Waals surface area (Å²) >= 11 is 4.43. The third kappa shape index (κ3) is 5.07. The van der Waals surface area contributed by atoms with E-state index in [1.54, 1.807) is 0 Å². The lowest BCUT2D eigenvalue weighted by Crippen LogP contribution is -2.26. The number of hydrogen-bond acceptors (Lipinski definition) is 6. The Morgan fingerprint density at radius 3 is 3.04 bits per heavy atom. The Hall–Kier alpha value is -1.87. The number of carbonyl (C=O) groups is 2. The molecule has 2 rings (SSSR count). The number of nitrogens with one attached hydrogen (secondary N) is 1. The quantitative estimate of drug-likeness (QED) is 0.564. The molecule has 1 aliphatic heterocycles. The van der Waals surface area contributed by atoms with Crippen LogP contribution in [0.15, 0.2) is 32.9 Å². The Labute approximate surface area is 145 Å². The smallest absolute Gasteiger partial charge is 0.305 e. The van der Waals surface area contributed by atoms with E-state index in [1.165, 1.54) is 6.21 Å². The average Bonchev–Trinajstić information content (AvgIpc) is 2.81. The van der Waals surface area contributed by atoms with Crippen molar-refractivity contribution in [1.82, 2.24) is 5.32 Å². The van der Waals surface area contributed by atoms with Gasteiger partial charge in [-0.1, -0.05) is 27.7 Å². The van der Waals surface area contributed by atoms with Gasteiger partial charge in [0.05, 0.1) is 19.2 Å². The van der Waals surface area contributed by atoms with Gasteiger partial charge in [0.15, 0.2) is 5.17 Å². The van der Waals surface area contributed by atoms with E-state index in [4.69, 9.17) is 9.84 Å². The van der Waals surface area contributed by atoms with Crippen LogP contribution in [0.25, 0.3) is 0 Å². The highest BCUT2D eigenvalue weighted by Gasteiger charge is 2.32. The Balaban J connectivity index is 2.08. The predicted octanol–water partition coefficient (Wildman–Crippen LogP) is 2.24. The number of halogens is 1. The summed E-state index contributed by atoms with van der Waals surface area (Å²) in [6, 6.07) is 5.51. The van der Waals surface area contributed by atoms with Gasteiger partial charge in [0.25, 0.3) is 0 Å². The summed E-state index contributed by atoms with van der Waals surface area (Å²) in [7, 11) is 0. The second-order valence-corrected chi connectivity index (χ2v) is 6.57. The molecule has 1 aromatic rings. The number of carbonyl (C=O) groups excluding carboxylic acids is 1. The van der Waals surface area contributed by atoms with Crippen LogP contribution in [0.1, 0.15) is 18.9 Å². The van der Waals surface area contributed by atoms with E-state index in [-0.39, 0.29) is 17.5 Å². The number of thioether (sulfide) groups is 1. The molecular formula is C14H14BrN3O4S. The van der Waals surface area contributed by atoms with Crippen molar-refractivity contribution in [3.63, 3.8) is 0 Å². The molecule has 7 nitrogen and oxygen atoms in total.